The van der Waals surface area contributed by atoms with Crippen LogP contribution in [-0.2, 0) is 17.9 Å². The summed E-state index contributed by atoms with van der Waals surface area (Å²) in [7, 11) is 0. The summed E-state index contributed by atoms with van der Waals surface area (Å²) in [6.45, 7) is 3.47. The average molecular weight is 287 g/mol. The molecule has 6 nitrogen and oxygen atoms in total. The normalized spacial score (nSPS) is 10.3. The number of ether oxygens (including phenoxy) is 1. The Bertz CT molecular complexity index is 647. The van der Waals surface area contributed by atoms with E-state index in [1.54, 1.807) is 0 Å². The lowest BCUT2D eigenvalue weighted by Gasteiger charge is -2.10. The van der Waals surface area contributed by atoms with Gasteiger partial charge < -0.3 is 10.1 Å². The van der Waals surface area contributed by atoms with Gasteiger partial charge in [-0.1, -0.05) is 24.3 Å². The summed E-state index contributed by atoms with van der Waals surface area (Å²) in [4.78, 5) is 22.8. The Kier molecular flexibility index (Phi) is 5.22. The van der Waals surface area contributed by atoms with Crippen LogP contribution in [0.1, 0.15) is 28.5 Å². The molecule has 0 bridgehead atoms. The summed E-state index contributed by atoms with van der Waals surface area (Å²) >= 11 is 0. The van der Waals surface area contributed by atoms with Crippen LogP contribution in [0.3, 0.4) is 0 Å². The number of hydrogen-bond acceptors (Lipinski definition) is 4. The number of H-pyrrole nitrogens is 1. The zero-order chi connectivity index (χ0) is 15.1. The predicted molar refractivity (Wildman–Crippen MR) is 77.8 cm³/mol. The monoisotopic (exact) mass is 287 g/mol. The SMILES string of the molecule is CCOCc1ccccc1CNC(=O)c1ccc(=O)[nH]n1. The summed E-state index contributed by atoms with van der Waals surface area (Å²) in [5.74, 6) is -0.336. The maximum absolute atomic E-state index is 11.9. The number of aromatic nitrogens is 2. The van der Waals surface area contributed by atoms with E-state index in [2.05, 4.69) is 15.5 Å². The van der Waals surface area contributed by atoms with E-state index in [9.17, 15) is 9.59 Å². The first kappa shape index (κ1) is 14.9. The quantitative estimate of drug-likeness (QED) is 0.837. The van der Waals surface area contributed by atoms with Gasteiger partial charge in [0.05, 0.1) is 6.61 Å². The summed E-state index contributed by atoms with van der Waals surface area (Å²) in [6.07, 6.45) is 0. The fraction of sp³-hybridized carbons (Fsp3) is 0.267. The molecule has 0 fully saturated rings. The van der Waals surface area contributed by atoms with Crippen molar-refractivity contribution in [2.45, 2.75) is 20.1 Å². The number of hydrogen-bond donors (Lipinski definition) is 2. The molecule has 110 valence electrons. The lowest BCUT2D eigenvalue weighted by atomic mass is 10.1. The minimum Gasteiger partial charge on any atom is -0.377 e. The third-order valence-electron chi connectivity index (χ3n) is 2.93. The van der Waals surface area contributed by atoms with Crippen molar-refractivity contribution < 1.29 is 9.53 Å². The molecule has 1 aromatic heterocycles. The largest absolute Gasteiger partial charge is 0.377 e. The van der Waals surface area contributed by atoms with E-state index < -0.39 is 0 Å². The van der Waals surface area contributed by atoms with Crippen molar-refractivity contribution in [1.29, 1.82) is 0 Å². The van der Waals surface area contributed by atoms with Crippen molar-refractivity contribution in [3.05, 3.63) is 63.6 Å². The topological polar surface area (TPSA) is 84.1 Å². The maximum atomic E-state index is 11.9. The van der Waals surface area contributed by atoms with E-state index in [-0.39, 0.29) is 17.2 Å². The van der Waals surface area contributed by atoms with Crippen LogP contribution < -0.4 is 10.9 Å². The molecule has 0 aliphatic carbocycles. The molecule has 1 aromatic carbocycles. The van der Waals surface area contributed by atoms with Crippen molar-refractivity contribution in [1.82, 2.24) is 15.5 Å². The standard InChI is InChI=1S/C15H17N3O3/c1-2-21-10-12-6-4-3-5-11(12)9-16-15(20)13-7-8-14(19)18-17-13/h3-8H,2,9-10H2,1H3,(H,16,20)(H,18,19). The molecule has 0 radical (unpaired) electrons. The Morgan fingerprint density at radius 1 is 1.24 bits per heavy atom. The fourth-order valence-corrected chi connectivity index (χ4v) is 1.82. The van der Waals surface area contributed by atoms with Gasteiger partial charge >= 0.3 is 0 Å². The second kappa shape index (κ2) is 7.35. The highest BCUT2D eigenvalue weighted by Crippen LogP contribution is 2.10. The molecule has 1 amide bonds. The van der Waals surface area contributed by atoms with Gasteiger partial charge in [0.25, 0.3) is 11.5 Å². The van der Waals surface area contributed by atoms with E-state index in [4.69, 9.17) is 4.74 Å². The third kappa shape index (κ3) is 4.25. The molecule has 0 spiro atoms. The highest BCUT2D eigenvalue weighted by atomic mass is 16.5. The van der Waals surface area contributed by atoms with Crippen LogP contribution in [0.15, 0.2) is 41.2 Å². The average Bonchev–Trinajstić information content (AvgIpc) is 2.52. The third-order valence-corrected chi connectivity index (χ3v) is 2.93. The molecule has 0 aliphatic heterocycles. The van der Waals surface area contributed by atoms with Crippen LogP contribution in [0.5, 0.6) is 0 Å². The zero-order valence-electron chi connectivity index (χ0n) is 11.8. The lowest BCUT2D eigenvalue weighted by Crippen LogP contribution is -2.25. The van der Waals surface area contributed by atoms with Gasteiger partial charge in [0.2, 0.25) is 0 Å². The molecule has 0 unspecified atom stereocenters. The Labute approximate surface area is 122 Å². The molecule has 2 aromatic rings. The van der Waals surface area contributed by atoms with Crippen LogP contribution in [-0.4, -0.2) is 22.7 Å². The number of nitrogens with one attached hydrogen (secondary N) is 2. The van der Waals surface area contributed by atoms with Gasteiger partial charge in [-0.2, -0.15) is 5.10 Å². The van der Waals surface area contributed by atoms with Crippen molar-refractivity contribution in [3.8, 4) is 0 Å². The summed E-state index contributed by atoms with van der Waals surface area (Å²) in [5, 5.41) is 8.69. The molecule has 6 heteroatoms. The number of amides is 1. The van der Waals surface area contributed by atoms with Crippen molar-refractivity contribution in [3.63, 3.8) is 0 Å². The number of aromatic amines is 1. The molecule has 0 aliphatic rings. The molecule has 0 saturated heterocycles. The fourth-order valence-electron chi connectivity index (χ4n) is 1.82. The predicted octanol–water partition coefficient (Wildman–Crippen LogP) is 1.24. The van der Waals surface area contributed by atoms with Crippen molar-refractivity contribution in [2.75, 3.05) is 6.61 Å². The first-order valence-corrected chi connectivity index (χ1v) is 6.69. The number of carbonyl (C=O) groups excluding carboxylic acids is 1. The van der Waals surface area contributed by atoms with Gasteiger partial charge in [0.15, 0.2) is 0 Å². The first-order chi connectivity index (χ1) is 10.2. The Morgan fingerprint density at radius 3 is 2.67 bits per heavy atom. The lowest BCUT2D eigenvalue weighted by molar-refractivity contribution is 0.0943. The second-order valence-corrected chi connectivity index (χ2v) is 4.39. The molecule has 2 N–H and O–H groups in total. The molecule has 1 heterocycles. The number of nitrogens with zero attached hydrogens (tertiary/aromatic N) is 1. The van der Waals surface area contributed by atoms with E-state index in [1.165, 1.54) is 12.1 Å². The van der Waals surface area contributed by atoms with Gasteiger partial charge in [-0.05, 0) is 24.1 Å². The zero-order valence-corrected chi connectivity index (χ0v) is 11.8. The molecule has 21 heavy (non-hydrogen) atoms. The number of rotatable bonds is 6. The second-order valence-electron chi connectivity index (χ2n) is 4.39. The van der Waals surface area contributed by atoms with Gasteiger partial charge in [-0.3, -0.25) is 9.59 Å². The molecule has 0 saturated carbocycles. The minimum absolute atomic E-state index is 0.178. The highest BCUT2D eigenvalue weighted by molar-refractivity contribution is 5.91. The Hall–Kier alpha value is -2.47. The minimum atomic E-state index is -0.339. The van der Waals surface area contributed by atoms with E-state index in [0.717, 1.165) is 11.1 Å². The van der Waals surface area contributed by atoms with Gasteiger partial charge in [0.1, 0.15) is 5.69 Å². The van der Waals surface area contributed by atoms with Crippen LogP contribution in [0.2, 0.25) is 0 Å². The summed E-state index contributed by atoms with van der Waals surface area (Å²) in [5.41, 5.74) is 1.86. The van der Waals surface area contributed by atoms with Crippen molar-refractivity contribution in [2.24, 2.45) is 0 Å². The summed E-state index contributed by atoms with van der Waals surface area (Å²) in [6, 6.07) is 10.4. The van der Waals surface area contributed by atoms with E-state index >= 15 is 0 Å². The van der Waals surface area contributed by atoms with Crippen LogP contribution in [0, 0.1) is 0 Å². The van der Waals surface area contributed by atoms with Crippen LogP contribution in [0.4, 0.5) is 0 Å². The van der Waals surface area contributed by atoms with Gasteiger partial charge in [-0.25, -0.2) is 5.10 Å². The highest BCUT2D eigenvalue weighted by Gasteiger charge is 2.08. The molecule has 0 atom stereocenters. The van der Waals surface area contributed by atoms with Gasteiger partial charge in [0, 0.05) is 19.2 Å². The first-order valence-electron chi connectivity index (χ1n) is 6.69. The van der Waals surface area contributed by atoms with Crippen molar-refractivity contribution >= 4 is 5.91 Å². The Balaban J connectivity index is 2.01. The summed E-state index contributed by atoms with van der Waals surface area (Å²) < 4.78 is 5.40. The molecular weight excluding hydrogens is 270 g/mol. The van der Waals surface area contributed by atoms with Crippen LogP contribution in [0.25, 0.3) is 0 Å². The van der Waals surface area contributed by atoms with Gasteiger partial charge in [-0.15, -0.1) is 0 Å². The smallest absolute Gasteiger partial charge is 0.271 e. The molecule has 2 rings (SSSR count). The number of carbonyl (C=O) groups is 1. The van der Waals surface area contributed by atoms with E-state index in [1.807, 2.05) is 31.2 Å². The Morgan fingerprint density at radius 2 is 2.00 bits per heavy atom. The van der Waals surface area contributed by atoms with Crippen LogP contribution >= 0.6 is 0 Å². The number of benzene rings is 1. The van der Waals surface area contributed by atoms with E-state index in [0.29, 0.717) is 19.8 Å². The maximum Gasteiger partial charge on any atom is 0.271 e. The molecular formula is C15H17N3O3.